The van der Waals surface area contributed by atoms with Gasteiger partial charge in [0.25, 0.3) is 0 Å². The van der Waals surface area contributed by atoms with E-state index in [9.17, 15) is 13.2 Å². The number of hydrogen-bond acceptors (Lipinski definition) is 6. The number of carbonyl (C=O) groups excluding carboxylic acids is 1. The van der Waals surface area contributed by atoms with Gasteiger partial charge in [0.05, 0.1) is 34.9 Å². The van der Waals surface area contributed by atoms with E-state index >= 15 is 0 Å². The molecule has 0 bridgehead atoms. The molecule has 21 heavy (non-hydrogen) atoms. The fourth-order valence-corrected chi connectivity index (χ4v) is 4.40. The Morgan fingerprint density at radius 3 is 2.71 bits per heavy atom. The minimum atomic E-state index is -3.06. The van der Waals surface area contributed by atoms with Crippen molar-refractivity contribution in [3.63, 3.8) is 0 Å². The van der Waals surface area contributed by atoms with Gasteiger partial charge < -0.3 is 15.4 Å². The van der Waals surface area contributed by atoms with Gasteiger partial charge in [0.2, 0.25) is 0 Å². The number of hydrogen-bond donors (Lipinski definition) is 1. The lowest BCUT2D eigenvalue weighted by Gasteiger charge is -2.36. The van der Waals surface area contributed by atoms with Crippen molar-refractivity contribution in [1.82, 2.24) is 0 Å². The number of ether oxygens (including phenoxy) is 1. The molecule has 2 rings (SSSR count). The number of esters is 1. The fraction of sp³-hybridized carbons (Fsp3) is 0.462. The molecule has 1 unspecified atom stereocenters. The van der Waals surface area contributed by atoms with Gasteiger partial charge in [-0.3, -0.25) is 0 Å². The van der Waals surface area contributed by atoms with Crippen LogP contribution >= 0.6 is 11.6 Å². The highest BCUT2D eigenvalue weighted by molar-refractivity contribution is 7.91. The van der Waals surface area contributed by atoms with Crippen molar-refractivity contribution in [2.45, 2.75) is 13.0 Å². The van der Waals surface area contributed by atoms with Crippen LogP contribution in [0, 0.1) is 0 Å². The molecule has 1 aromatic carbocycles. The van der Waals surface area contributed by atoms with Gasteiger partial charge in [0, 0.05) is 18.3 Å². The van der Waals surface area contributed by atoms with Crippen molar-refractivity contribution in [3.05, 3.63) is 22.7 Å². The summed E-state index contributed by atoms with van der Waals surface area (Å²) in [7, 11) is -1.79. The van der Waals surface area contributed by atoms with Crippen LogP contribution in [0.3, 0.4) is 0 Å². The summed E-state index contributed by atoms with van der Waals surface area (Å²) in [5.41, 5.74) is 6.79. The third-order valence-corrected chi connectivity index (χ3v) is 5.53. The minimum absolute atomic E-state index is 0.0221. The van der Waals surface area contributed by atoms with Gasteiger partial charge in [0.1, 0.15) is 0 Å². The van der Waals surface area contributed by atoms with Crippen LogP contribution in [-0.4, -0.2) is 45.6 Å². The molecule has 1 aliphatic rings. The van der Waals surface area contributed by atoms with Crippen LogP contribution in [-0.2, 0) is 14.6 Å². The van der Waals surface area contributed by atoms with Gasteiger partial charge in [-0.15, -0.1) is 0 Å². The Labute approximate surface area is 128 Å². The zero-order valence-corrected chi connectivity index (χ0v) is 13.4. The maximum atomic E-state index is 11.9. The van der Waals surface area contributed by atoms with Gasteiger partial charge in [-0.25, -0.2) is 13.2 Å². The second-order valence-electron chi connectivity index (χ2n) is 5.05. The van der Waals surface area contributed by atoms with Gasteiger partial charge in [-0.2, -0.15) is 0 Å². The van der Waals surface area contributed by atoms with Crippen LogP contribution in [0.1, 0.15) is 17.3 Å². The monoisotopic (exact) mass is 332 g/mol. The molecule has 1 saturated heterocycles. The first-order valence-electron chi connectivity index (χ1n) is 6.39. The molecule has 6 nitrogen and oxygen atoms in total. The zero-order valence-electron chi connectivity index (χ0n) is 11.8. The predicted molar refractivity (Wildman–Crippen MR) is 82.7 cm³/mol. The molecule has 1 fully saturated rings. The molecular formula is C13H17ClN2O4S. The van der Waals surface area contributed by atoms with Crippen molar-refractivity contribution in [2.75, 3.05) is 35.8 Å². The Balaban J connectivity index is 2.51. The Kier molecular flexibility index (Phi) is 4.34. The average Bonchev–Trinajstić information content (AvgIpc) is 2.37. The van der Waals surface area contributed by atoms with Crippen molar-refractivity contribution < 1.29 is 17.9 Å². The van der Waals surface area contributed by atoms with Crippen LogP contribution in [0.25, 0.3) is 0 Å². The van der Waals surface area contributed by atoms with Crippen molar-refractivity contribution >= 4 is 38.8 Å². The maximum absolute atomic E-state index is 11.9. The number of halogens is 1. The summed E-state index contributed by atoms with van der Waals surface area (Å²) in [6.07, 6.45) is 0. The molecule has 8 heteroatoms. The first-order chi connectivity index (χ1) is 9.75. The lowest BCUT2D eigenvalue weighted by molar-refractivity contribution is 0.0601. The van der Waals surface area contributed by atoms with Crippen LogP contribution in [0.5, 0.6) is 0 Å². The summed E-state index contributed by atoms with van der Waals surface area (Å²) in [6, 6.07) is 2.75. The molecule has 116 valence electrons. The van der Waals surface area contributed by atoms with E-state index in [0.29, 0.717) is 16.4 Å². The number of anilines is 2. The molecule has 1 heterocycles. The number of methoxy groups -OCH3 is 1. The van der Waals surface area contributed by atoms with E-state index in [-0.39, 0.29) is 29.7 Å². The third-order valence-electron chi connectivity index (χ3n) is 3.45. The smallest absolute Gasteiger partial charge is 0.340 e. The topological polar surface area (TPSA) is 89.7 Å². The van der Waals surface area contributed by atoms with Crippen molar-refractivity contribution in [2.24, 2.45) is 0 Å². The molecule has 1 aromatic rings. The van der Waals surface area contributed by atoms with E-state index in [0.717, 1.165) is 0 Å². The summed E-state index contributed by atoms with van der Waals surface area (Å²) < 4.78 is 28.1. The van der Waals surface area contributed by atoms with E-state index in [2.05, 4.69) is 0 Å². The second-order valence-corrected chi connectivity index (χ2v) is 7.68. The summed E-state index contributed by atoms with van der Waals surface area (Å²) in [5, 5.41) is 0.307. The third kappa shape index (κ3) is 3.24. The number of rotatable bonds is 2. The standard InChI is InChI=1S/C13H17ClN2O4S/c1-8-7-21(18,19)4-3-16(8)12-10(13(17)20-2)5-9(15)6-11(12)14/h5-6,8H,3-4,7,15H2,1-2H3. The molecule has 2 N–H and O–H groups in total. The molecule has 1 atom stereocenters. The normalized spacial score (nSPS) is 21.1. The Morgan fingerprint density at radius 2 is 2.14 bits per heavy atom. The number of sulfone groups is 1. The predicted octanol–water partition coefficient (Wildman–Crippen LogP) is 1.33. The molecule has 0 aliphatic carbocycles. The van der Waals surface area contributed by atoms with E-state index in [4.69, 9.17) is 22.1 Å². The van der Waals surface area contributed by atoms with E-state index in [1.54, 1.807) is 13.0 Å². The number of nitrogens with two attached hydrogens (primary N) is 1. The molecular weight excluding hydrogens is 316 g/mol. The first kappa shape index (κ1) is 15.9. The quantitative estimate of drug-likeness (QED) is 0.649. The molecule has 0 aromatic heterocycles. The van der Waals surface area contributed by atoms with Crippen LogP contribution in [0.15, 0.2) is 12.1 Å². The average molecular weight is 333 g/mol. The Bertz CT molecular complexity index is 675. The number of carbonyl (C=O) groups is 1. The number of nitrogen functional groups attached to an aromatic ring is 1. The maximum Gasteiger partial charge on any atom is 0.340 e. The van der Waals surface area contributed by atoms with Gasteiger partial charge >= 0.3 is 5.97 Å². The highest BCUT2D eigenvalue weighted by Gasteiger charge is 2.32. The first-order valence-corrected chi connectivity index (χ1v) is 8.59. The molecule has 1 aliphatic heterocycles. The zero-order chi connectivity index (χ0) is 15.8. The van der Waals surface area contributed by atoms with E-state index < -0.39 is 15.8 Å². The minimum Gasteiger partial charge on any atom is -0.465 e. The van der Waals surface area contributed by atoms with Gasteiger partial charge in [-0.1, -0.05) is 11.6 Å². The molecule has 0 radical (unpaired) electrons. The lowest BCUT2D eigenvalue weighted by Crippen LogP contribution is -2.47. The highest BCUT2D eigenvalue weighted by atomic mass is 35.5. The Hall–Kier alpha value is -1.47. The second kappa shape index (κ2) is 5.73. The highest BCUT2D eigenvalue weighted by Crippen LogP contribution is 2.35. The molecule has 0 spiro atoms. The SMILES string of the molecule is COC(=O)c1cc(N)cc(Cl)c1N1CCS(=O)(=O)CC1C. The Morgan fingerprint density at radius 1 is 1.48 bits per heavy atom. The van der Waals surface area contributed by atoms with Crippen LogP contribution in [0.4, 0.5) is 11.4 Å². The summed E-state index contributed by atoms with van der Waals surface area (Å²) in [5.74, 6) is -0.507. The fourth-order valence-electron chi connectivity index (χ4n) is 2.51. The van der Waals surface area contributed by atoms with Crippen LogP contribution < -0.4 is 10.6 Å². The van der Waals surface area contributed by atoms with Gasteiger partial charge in [0.15, 0.2) is 9.84 Å². The molecule has 0 amide bonds. The summed E-state index contributed by atoms with van der Waals surface area (Å²) >= 11 is 6.23. The number of benzene rings is 1. The van der Waals surface area contributed by atoms with Crippen molar-refractivity contribution in [1.29, 1.82) is 0 Å². The summed E-state index contributed by atoms with van der Waals surface area (Å²) in [4.78, 5) is 13.7. The van der Waals surface area contributed by atoms with E-state index in [1.807, 2.05) is 4.90 Å². The number of nitrogens with zero attached hydrogens (tertiary/aromatic N) is 1. The lowest BCUT2D eigenvalue weighted by atomic mass is 10.1. The summed E-state index contributed by atoms with van der Waals surface area (Å²) in [6.45, 7) is 2.06. The van der Waals surface area contributed by atoms with Gasteiger partial charge in [-0.05, 0) is 19.1 Å². The van der Waals surface area contributed by atoms with E-state index in [1.165, 1.54) is 13.2 Å². The van der Waals surface area contributed by atoms with Crippen LogP contribution in [0.2, 0.25) is 5.02 Å². The largest absolute Gasteiger partial charge is 0.465 e. The molecule has 0 saturated carbocycles. The van der Waals surface area contributed by atoms with Crippen molar-refractivity contribution in [3.8, 4) is 0 Å².